The number of benzene rings is 1. The van der Waals surface area contributed by atoms with Gasteiger partial charge in [-0.05, 0) is 25.0 Å². The Morgan fingerprint density at radius 3 is 2.75 bits per heavy atom. The molecule has 1 saturated heterocycles. The Hall–Kier alpha value is -1.84. The largest absolute Gasteiger partial charge is 0.336 e. The van der Waals surface area contributed by atoms with Gasteiger partial charge in [-0.3, -0.25) is 4.79 Å². The van der Waals surface area contributed by atoms with E-state index in [0.29, 0.717) is 5.82 Å². The molecule has 0 aliphatic carbocycles. The fourth-order valence-corrected chi connectivity index (χ4v) is 2.12. The van der Waals surface area contributed by atoms with Crippen molar-refractivity contribution < 1.29 is 4.79 Å². The lowest BCUT2D eigenvalue weighted by atomic mass is 10.3. The average molecular weight is 215 g/mol. The first kappa shape index (κ1) is 9.39. The standard InChI is InChI=1S/C12H13N3O/c16-12(15-7-3-4-8-15)11-13-9-5-1-2-6-10(9)14-11/h1-2,5-6H,3-4,7-8H2,(H,13,14). The van der Waals surface area contributed by atoms with Gasteiger partial charge in [-0.1, -0.05) is 12.1 Å². The van der Waals surface area contributed by atoms with E-state index in [4.69, 9.17) is 0 Å². The molecule has 0 bridgehead atoms. The van der Waals surface area contributed by atoms with E-state index in [1.165, 1.54) is 0 Å². The van der Waals surface area contributed by atoms with Gasteiger partial charge in [0.1, 0.15) is 0 Å². The third-order valence-corrected chi connectivity index (χ3v) is 2.99. The summed E-state index contributed by atoms with van der Waals surface area (Å²) in [5.41, 5.74) is 1.77. The molecule has 1 aliphatic heterocycles. The van der Waals surface area contributed by atoms with Crippen molar-refractivity contribution in [2.24, 2.45) is 0 Å². The number of nitrogens with one attached hydrogen (secondary N) is 1. The number of H-pyrrole nitrogens is 1. The van der Waals surface area contributed by atoms with Crippen LogP contribution in [-0.2, 0) is 0 Å². The van der Waals surface area contributed by atoms with Crippen LogP contribution in [0.4, 0.5) is 0 Å². The second kappa shape index (κ2) is 3.63. The zero-order valence-electron chi connectivity index (χ0n) is 8.94. The summed E-state index contributed by atoms with van der Waals surface area (Å²) in [5.74, 6) is 0.483. The highest BCUT2D eigenvalue weighted by Gasteiger charge is 2.21. The van der Waals surface area contributed by atoms with Crippen LogP contribution >= 0.6 is 0 Å². The van der Waals surface area contributed by atoms with Gasteiger partial charge in [0.2, 0.25) is 0 Å². The third kappa shape index (κ3) is 1.46. The van der Waals surface area contributed by atoms with Crippen LogP contribution in [0.2, 0.25) is 0 Å². The molecule has 4 nitrogen and oxygen atoms in total. The van der Waals surface area contributed by atoms with Crippen molar-refractivity contribution >= 4 is 16.9 Å². The number of likely N-dealkylation sites (tertiary alicyclic amines) is 1. The molecule has 4 heteroatoms. The number of amides is 1. The van der Waals surface area contributed by atoms with E-state index >= 15 is 0 Å². The molecule has 1 N–H and O–H groups in total. The Morgan fingerprint density at radius 1 is 1.25 bits per heavy atom. The predicted molar refractivity (Wildman–Crippen MR) is 61.2 cm³/mol. The molecule has 1 aromatic heterocycles. The Balaban J connectivity index is 1.96. The zero-order valence-corrected chi connectivity index (χ0v) is 8.94. The summed E-state index contributed by atoms with van der Waals surface area (Å²) >= 11 is 0. The van der Waals surface area contributed by atoms with E-state index in [0.717, 1.165) is 37.0 Å². The smallest absolute Gasteiger partial charge is 0.289 e. The molecular weight excluding hydrogens is 202 g/mol. The molecule has 16 heavy (non-hydrogen) atoms. The van der Waals surface area contributed by atoms with Crippen molar-refractivity contribution in [3.05, 3.63) is 30.1 Å². The van der Waals surface area contributed by atoms with Gasteiger partial charge in [0.05, 0.1) is 11.0 Å². The van der Waals surface area contributed by atoms with Gasteiger partial charge in [0.15, 0.2) is 5.82 Å². The Labute approximate surface area is 93.3 Å². The first-order valence-corrected chi connectivity index (χ1v) is 5.58. The summed E-state index contributed by atoms with van der Waals surface area (Å²) in [6.07, 6.45) is 2.21. The number of hydrogen-bond donors (Lipinski definition) is 1. The summed E-state index contributed by atoms with van der Waals surface area (Å²) in [5, 5.41) is 0. The van der Waals surface area contributed by atoms with E-state index < -0.39 is 0 Å². The van der Waals surface area contributed by atoms with Crippen LogP contribution in [0, 0.1) is 0 Å². The minimum Gasteiger partial charge on any atom is -0.336 e. The number of carbonyl (C=O) groups is 1. The number of carbonyl (C=O) groups excluding carboxylic acids is 1. The summed E-state index contributed by atoms with van der Waals surface area (Å²) in [6, 6.07) is 7.70. The molecule has 1 aromatic carbocycles. The maximum absolute atomic E-state index is 12.0. The second-order valence-electron chi connectivity index (χ2n) is 4.10. The number of fused-ring (bicyclic) bond motifs is 1. The molecule has 3 rings (SSSR count). The highest BCUT2D eigenvalue weighted by molar-refractivity contribution is 5.94. The van der Waals surface area contributed by atoms with Crippen molar-refractivity contribution in [2.45, 2.75) is 12.8 Å². The van der Waals surface area contributed by atoms with Crippen molar-refractivity contribution in [3.8, 4) is 0 Å². The first-order chi connectivity index (χ1) is 7.84. The van der Waals surface area contributed by atoms with Gasteiger partial charge < -0.3 is 9.88 Å². The minimum absolute atomic E-state index is 0.0219. The molecule has 0 radical (unpaired) electrons. The van der Waals surface area contributed by atoms with Crippen molar-refractivity contribution in [1.82, 2.24) is 14.9 Å². The van der Waals surface area contributed by atoms with Crippen molar-refractivity contribution in [1.29, 1.82) is 0 Å². The molecule has 1 fully saturated rings. The Morgan fingerprint density at radius 2 is 2.00 bits per heavy atom. The molecule has 0 atom stereocenters. The average Bonchev–Trinajstić information content (AvgIpc) is 2.97. The van der Waals surface area contributed by atoms with Crippen LogP contribution in [0.15, 0.2) is 24.3 Å². The number of imidazole rings is 1. The number of aromatic amines is 1. The Kier molecular flexibility index (Phi) is 2.13. The summed E-state index contributed by atoms with van der Waals surface area (Å²) < 4.78 is 0. The lowest BCUT2D eigenvalue weighted by molar-refractivity contribution is 0.0782. The lowest BCUT2D eigenvalue weighted by Gasteiger charge is -2.12. The number of para-hydroxylation sites is 2. The molecule has 2 heterocycles. The highest BCUT2D eigenvalue weighted by atomic mass is 16.2. The second-order valence-corrected chi connectivity index (χ2v) is 4.10. The van der Waals surface area contributed by atoms with E-state index in [-0.39, 0.29) is 5.91 Å². The van der Waals surface area contributed by atoms with Crippen molar-refractivity contribution in [2.75, 3.05) is 13.1 Å². The zero-order chi connectivity index (χ0) is 11.0. The molecule has 1 amide bonds. The van der Waals surface area contributed by atoms with Gasteiger partial charge in [-0.2, -0.15) is 0 Å². The normalized spacial score (nSPS) is 15.9. The van der Waals surface area contributed by atoms with Gasteiger partial charge in [-0.15, -0.1) is 0 Å². The number of hydrogen-bond acceptors (Lipinski definition) is 2. The maximum atomic E-state index is 12.0. The predicted octanol–water partition coefficient (Wildman–Crippen LogP) is 1.80. The lowest BCUT2D eigenvalue weighted by Crippen LogP contribution is -2.28. The van der Waals surface area contributed by atoms with Gasteiger partial charge in [0.25, 0.3) is 5.91 Å². The molecule has 1 aliphatic rings. The van der Waals surface area contributed by atoms with Crippen LogP contribution in [0.5, 0.6) is 0 Å². The fourth-order valence-electron chi connectivity index (χ4n) is 2.12. The van der Waals surface area contributed by atoms with Crippen LogP contribution in [0.3, 0.4) is 0 Å². The minimum atomic E-state index is 0.0219. The van der Waals surface area contributed by atoms with E-state index in [1.807, 2.05) is 29.2 Å². The van der Waals surface area contributed by atoms with Crippen LogP contribution < -0.4 is 0 Å². The summed E-state index contributed by atoms with van der Waals surface area (Å²) in [4.78, 5) is 21.3. The number of rotatable bonds is 1. The Bertz CT molecular complexity index is 493. The number of aromatic nitrogens is 2. The SMILES string of the molecule is O=C(c1nc2ccccc2[nH]1)N1CCCC1. The maximum Gasteiger partial charge on any atom is 0.289 e. The van der Waals surface area contributed by atoms with Crippen LogP contribution in [-0.4, -0.2) is 33.9 Å². The molecular formula is C12H13N3O. The van der Waals surface area contributed by atoms with E-state index in [9.17, 15) is 4.79 Å². The van der Waals surface area contributed by atoms with Gasteiger partial charge in [-0.25, -0.2) is 4.98 Å². The summed E-state index contributed by atoms with van der Waals surface area (Å²) in [6.45, 7) is 1.71. The molecule has 0 unspecified atom stereocenters. The van der Waals surface area contributed by atoms with Crippen LogP contribution in [0.25, 0.3) is 11.0 Å². The number of nitrogens with zero attached hydrogens (tertiary/aromatic N) is 2. The highest BCUT2D eigenvalue weighted by Crippen LogP contribution is 2.14. The first-order valence-electron chi connectivity index (χ1n) is 5.58. The molecule has 2 aromatic rings. The third-order valence-electron chi connectivity index (χ3n) is 2.99. The summed E-state index contributed by atoms with van der Waals surface area (Å²) in [7, 11) is 0. The topological polar surface area (TPSA) is 49.0 Å². The van der Waals surface area contributed by atoms with Gasteiger partial charge >= 0.3 is 0 Å². The van der Waals surface area contributed by atoms with Crippen molar-refractivity contribution in [3.63, 3.8) is 0 Å². The monoisotopic (exact) mass is 215 g/mol. The quantitative estimate of drug-likeness (QED) is 0.788. The molecule has 0 saturated carbocycles. The van der Waals surface area contributed by atoms with E-state index in [2.05, 4.69) is 9.97 Å². The molecule has 82 valence electrons. The molecule has 0 spiro atoms. The fraction of sp³-hybridized carbons (Fsp3) is 0.333. The van der Waals surface area contributed by atoms with Gasteiger partial charge in [0, 0.05) is 13.1 Å². The van der Waals surface area contributed by atoms with E-state index in [1.54, 1.807) is 0 Å². The van der Waals surface area contributed by atoms with Crippen LogP contribution in [0.1, 0.15) is 23.5 Å².